The molecule has 3 aliphatic rings. The average molecular weight is 427 g/mol. The molecule has 2 saturated carbocycles. The first-order valence-electron chi connectivity index (χ1n) is 11.5. The van der Waals surface area contributed by atoms with E-state index >= 15 is 0 Å². The second-order valence-electron chi connectivity index (χ2n) is 10.1. The van der Waals surface area contributed by atoms with E-state index in [4.69, 9.17) is 4.74 Å². The van der Waals surface area contributed by atoms with Gasteiger partial charge in [-0.3, -0.25) is 0 Å². The van der Waals surface area contributed by atoms with Crippen molar-refractivity contribution in [3.8, 4) is 11.8 Å². The summed E-state index contributed by atoms with van der Waals surface area (Å²) in [6, 6.07) is 0. The molecule has 0 aliphatic heterocycles. The molecule has 0 bridgehead atoms. The number of fused-ring (bicyclic) bond motifs is 1. The Labute approximate surface area is 187 Å². The predicted molar refractivity (Wildman–Crippen MR) is 124 cm³/mol. The first-order valence-corrected chi connectivity index (χ1v) is 11.5. The fourth-order valence-corrected chi connectivity index (χ4v) is 5.48. The summed E-state index contributed by atoms with van der Waals surface area (Å²) in [6.07, 6.45) is 11.9. The van der Waals surface area contributed by atoms with Crippen LogP contribution in [-0.4, -0.2) is 39.4 Å². The third-order valence-corrected chi connectivity index (χ3v) is 7.19. The summed E-state index contributed by atoms with van der Waals surface area (Å²) >= 11 is 0. The molecular formula is C27H38O4. The van der Waals surface area contributed by atoms with Crippen LogP contribution in [0.25, 0.3) is 0 Å². The maximum Gasteiger partial charge on any atom is 0.173 e. The zero-order chi connectivity index (χ0) is 22.9. The van der Waals surface area contributed by atoms with Gasteiger partial charge in [-0.05, 0) is 68.4 Å². The lowest BCUT2D eigenvalue weighted by molar-refractivity contribution is -0.212. The predicted octanol–water partition coefficient (Wildman–Crippen LogP) is 4.58. The third-order valence-electron chi connectivity index (χ3n) is 7.19. The number of allylic oxidation sites excluding steroid dienone is 5. The van der Waals surface area contributed by atoms with Gasteiger partial charge in [0, 0.05) is 12.8 Å². The van der Waals surface area contributed by atoms with Gasteiger partial charge in [0.1, 0.15) is 12.2 Å². The Kier molecular flexibility index (Phi) is 7.03. The van der Waals surface area contributed by atoms with Gasteiger partial charge in [-0.15, -0.1) is 0 Å². The molecule has 2 fully saturated rings. The molecule has 31 heavy (non-hydrogen) atoms. The normalized spacial score (nSPS) is 36.2. The summed E-state index contributed by atoms with van der Waals surface area (Å²) in [6.45, 7) is 11.9. The number of hydrogen-bond acceptors (Lipinski definition) is 4. The lowest BCUT2D eigenvalue weighted by Crippen LogP contribution is -2.42. The highest BCUT2D eigenvalue weighted by Crippen LogP contribution is 2.55. The lowest BCUT2D eigenvalue weighted by Gasteiger charge is -2.41. The largest absolute Gasteiger partial charge is 0.388 e. The maximum atomic E-state index is 10.9. The minimum atomic E-state index is -1.50. The molecule has 3 N–H and O–H groups in total. The van der Waals surface area contributed by atoms with E-state index in [9.17, 15) is 15.3 Å². The Morgan fingerprint density at radius 2 is 2.10 bits per heavy atom. The van der Waals surface area contributed by atoms with Crippen molar-refractivity contribution in [2.24, 2.45) is 11.3 Å². The van der Waals surface area contributed by atoms with Crippen molar-refractivity contribution >= 4 is 0 Å². The van der Waals surface area contributed by atoms with E-state index < -0.39 is 17.5 Å². The van der Waals surface area contributed by atoms with E-state index in [2.05, 4.69) is 44.4 Å². The molecule has 170 valence electrons. The van der Waals surface area contributed by atoms with Gasteiger partial charge in [0.05, 0.1) is 6.10 Å². The Hall–Kier alpha value is -1.64. The van der Waals surface area contributed by atoms with Crippen molar-refractivity contribution in [2.45, 2.75) is 90.1 Å². The van der Waals surface area contributed by atoms with Crippen molar-refractivity contribution in [1.82, 2.24) is 0 Å². The van der Waals surface area contributed by atoms with Crippen LogP contribution in [0, 0.1) is 23.2 Å². The zero-order valence-electron chi connectivity index (χ0n) is 19.5. The van der Waals surface area contributed by atoms with Crippen LogP contribution < -0.4 is 0 Å². The van der Waals surface area contributed by atoms with Crippen molar-refractivity contribution in [1.29, 1.82) is 0 Å². The van der Waals surface area contributed by atoms with E-state index in [1.807, 2.05) is 6.08 Å². The number of aliphatic hydroxyl groups is 3. The third kappa shape index (κ3) is 5.41. The molecule has 0 heterocycles. The van der Waals surface area contributed by atoms with Crippen LogP contribution in [0.15, 0.2) is 47.1 Å². The quantitative estimate of drug-likeness (QED) is 0.350. The molecule has 0 radical (unpaired) electrons. The van der Waals surface area contributed by atoms with Crippen LogP contribution in [0.1, 0.15) is 72.6 Å². The first-order chi connectivity index (χ1) is 14.5. The monoisotopic (exact) mass is 426 g/mol. The SMILES string of the molecule is C=C1C(=CC=C2CCC[C@]3(C)C(CC)=CC[C@H]23)C[C@](O)(OCC#CC(C)(C)O)C[C@@H]1O. The highest BCUT2D eigenvalue weighted by Gasteiger charge is 2.44. The maximum absolute atomic E-state index is 10.9. The first kappa shape index (κ1) is 24.0. The summed E-state index contributed by atoms with van der Waals surface area (Å²) in [5.41, 5.74) is 3.66. The van der Waals surface area contributed by atoms with Gasteiger partial charge >= 0.3 is 0 Å². The van der Waals surface area contributed by atoms with Crippen LogP contribution in [0.3, 0.4) is 0 Å². The van der Waals surface area contributed by atoms with E-state index in [1.54, 1.807) is 19.4 Å². The minimum Gasteiger partial charge on any atom is -0.388 e. The molecule has 0 spiro atoms. The van der Waals surface area contributed by atoms with E-state index in [-0.39, 0.29) is 24.9 Å². The van der Waals surface area contributed by atoms with Crippen molar-refractivity contribution in [3.05, 3.63) is 47.1 Å². The van der Waals surface area contributed by atoms with Crippen LogP contribution in [0.5, 0.6) is 0 Å². The average Bonchev–Trinajstić information content (AvgIpc) is 3.03. The molecular weight excluding hydrogens is 388 g/mol. The van der Waals surface area contributed by atoms with Gasteiger partial charge in [-0.1, -0.05) is 61.6 Å². The van der Waals surface area contributed by atoms with E-state index in [0.29, 0.717) is 11.5 Å². The zero-order valence-corrected chi connectivity index (χ0v) is 19.5. The van der Waals surface area contributed by atoms with Gasteiger partial charge in [0.25, 0.3) is 0 Å². The molecule has 3 aliphatic carbocycles. The summed E-state index contributed by atoms with van der Waals surface area (Å²) < 4.78 is 5.62. The highest BCUT2D eigenvalue weighted by atomic mass is 16.6. The molecule has 0 unspecified atom stereocenters. The summed E-state index contributed by atoms with van der Waals surface area (Å²) in [4.78, 5) is 0. The van der Waals surface area contributed by atoms with Gasteiger partial charge in [0.15, 0.2) is 5.79 Å². The number of rotatable bonds is 4. The molecule has 0 aromatic carbocycles. The summed E-state index contributed by atoms with van der Waals surface area (Å²) in [5, 5.41) is 31.1. The van der Waals surface area contributed by atoms with Gasteiger partial charge in [-0.2, -0.15) is 0 Å². The molecule has 3 rings (SSSR count). The standard InChI is InChI=1S/C27H38O4/c1-6-22-12-13-23-20(9-7-15-26(22,23)5)10-11-21-17-27(30,18-24(28)19(21)2)31-16-8-14-25(3,4)29/h10-12,23-24,28-30H,2,6-7,9,13,15-18H2,1,3-5H3/t23-,24+,26-,27+/m1/s1. The molecule has 0 aromatic rings. The van der Waals surface area contributed by atoms with Gasteiger partial charge in [0.2, 0.25) is 0 Å². The Bertz CT molecular complexity index is 860. The van der Waals surface area contributed by atoms with Crippen molar-refractivity contribution < 1.29 is 20.1 Å². The topological polar surface area (TPSA) is 69.9 Å². The number of aliphatic hydroxyl groups excluding tert-OH is 1. The van der Waals surface area contributed by atoms with Gasteiger partial charge < -0.3 is 20.1 Å². The van der Waals surface area contributed by atoms with Crippen LogP contribution in [-0.2, 0) is 4.74 Å². The second kappa shape index (κ2) is 9.08. The van der Waals surface area contributed by atoms with Crippen LogP contribution in [0.4, 0.5) is 0 Å². The number of hydrogen-bond donors (Lipinski definition) is 3. The van der Waals surface area contributed by atoms with Crippen molar-refractivity contribution in [3.63, 3.8) is 0 Å². The molecule has 4 nitrogen and oxygen atoms in total. The molecule has 0 amide bonds. The Balaban J connectivity index is 1.76. The van der Waals surface area contributed by atoms with Gasteiger partial charge in [-0.25, -0.2) is 0 Å². The summed E-state index contributed by atoms with van der Waals surface area (Å²) in [5.74, 6) is 4.46. The number of ether oxygens (including phenoxy) is 1. The van der Waals surface area contributed by atoms with E-state index in [1.165, 1.54) is 18.4 Å². The smallest absolute Gasteiger partial charge is 0.173 e. The molecule has 4 heteroatoms. The fraction of sp³-hybridized carbons (Fsp3) is 0.630. The second-order valence-corrected chi connectivity index (χ2v) is 10.1. The fourth-order valence-electron chi connectivity index (χ4n) is 5.48. The molecule has 0 saturated heterocycles. The van der Waals surface area contributed by atoms with Crippen molar-refractivity contribution in [2.75, 3.05) is 6.61 Å². The van der Waals surface area contributed by atoms with E-state index in [0.717, 1.165) is 24.8 Å². The molecule has 4 atom stereocenters. The minimum absolute atomic E-state index is 0.0139. The summed E-state index contributed by atoms with van der Waals surface area (Å²) in [7, 11) is 0. The van der Waals surface area contributed by atoms with Crippen LogP contribution in [0.2, 0.25) is 0 Å². The highest BCUT2D eigenvalue weighted by molar-refractivity contribution is 5.40. The Morgan fingerprint density at radius 1 is 1.35 bits per heavy atom. The van der Waals surface area contributed by atoms with Crippen LogP contribution >= 0.6 is 0 Å². The Morgan fingerprint density at radius 3 is 2.77 bits per heavy atom. The lowest BCUT2D eigenvalue weighted by atomic mass is 9.64. The molecule has 0 aromatic heterocycles.